The van der Waals surface area contributed by atoms with Gasteiger partial charge in [0.2, 0.25) is 5.91 Å². The van der Waals surface area contributed by atoms with Crippen molar-refractivity contribution in [2.45, 2.75) is 46.6 Å². The summed E-state index contributed by atoms with van der Waals surface area (Å²) < 4.78 is 1.46. The molecule has 1 amide bonds. The first kappa shape index (κ1) is 17.9. The molecule has 2 aromatic heterocycles. The highest BCUT2D eigenvalue weighted by atomic mass is 32.1. The van der Waals surface area contributed by atoms with E-state index in [0.29, 0.717) is 19.0 Å². The zero-order valence-electron chi connectivity index (χ0n) is 15.2. The fourth-order valence-corrected chi connectivity index (χ4v) is 4.77. The number of carbonyl (C=O) groups excluding carboxylic acids is 1. The molecule has 0 saturated heterocycles. The van der Waals surface area contributed by atoms with Crippen molar-refractivity contribution in [3.05, 3.63) is 39.3 Å². The van der Waals surface area contributed by atoms with Crippen LogP contribution in [-0.4, -0.2) is 33.4 Å². The predicted octanol–water partition coefficient (Wildman–Crippen LogP) is 3.01. The summed E-state index contributed by atoms with van der Waals surface area (Å²) in [7, 11) is 0. The second-order valence-electron chi connectivity index (χ2n) is 7.07. The molecule has 0 radical (unpaired) electrons. The number of carbonyl (C=O) groups is 1. The van der Waals surface area contributed by atoms with E-state index in [-0.39, 0.29) is 18.0 Å². The maximum atomic E-state index is 13.0. The second-order valence-corrected chi connectivity index (χ2v) is 8.16. The highest BCUT2D eigenvalue weighted by Gasteiger charge is 2.23. The minimum absolute atomic E-state index is 0.0317. The van der Waals surface area contributed by atoms with Crippen LogP contribution in [0.15, 0.2) is 23.3 Å². The summed E-state index contributed by atoms with van der Waals surface area (Å²) in [6, 6.07) is 0. The van der Waals surface area contributed by atoms with Gasteiger partial charge in [0.1, 0.15) is 11.4 Å². The van der Waals surface area contributed by atoms with Gasteiger partial charge in [-0.1, -0.05) is 19.1 Å². The van der Waals surface area contributed by atoms with E-state index in [9.17, 15) is 9.59 Å². The maximum Gasteiger partial charge on any atom is 0.262 e. The van der Waals surface area contributed by atoms with Crippen LogP contribution in [0.25, 0.3) is 10.2 Å². The summed E-state index contributed by atoms with van der Waals surface area (Å²) in [6.45, 7) is 11.1. The lowest BCUT2D eigenvalue weighted by Gasteiger charge is -2.21. The fourth-order valence-electron chi connectivity index (χ4n) is 3.43. The smallest absolute Gasteiger partial charge is 0.262 e. The van der Waals surface area contributed by atoms with Crippen molar-refractivity contribution >= 4 is 27.5 Å². The molecule has 0 bridgehead atoms. The van der Waals surface area contributed by atoms with Crippen LogP contribution in [0.3, 0.4) is 0 Å². The third-order valence-corrected chi connectivity index (χ3v) is 5.95. The van der Waals surface area contributed by atoms with Gasteiger partial charge < -0.3 is 4.90 Å². The van der Waals surface area contributed by atoms with Crippen molar-refractivity contribution in [2.75, 3.05) is 13.1 Å². The Balaban J connectivity index is 1.93. The summed E-state index contributed by atoms with van der Waals surface area (Å²) in [5.41, 5.74) is 2.00. The van der Waals surface area contributed by atoms with E-state index in [1.807, 2.05) is 13.8 Å². The maximum absolute atomic E-state index is 13.0. The monoisotopic (exact) mass is 359 g/mol. The summed E-state index contributed by atoms with van der Waals surface area (Å²) in [6.07, 6.45) is 4.58. The largest absolute Gasteiger partial charge is 0.337 e. The van der Waals surface area contributed by atoms with Crippen LogP contribution in [0.1, 0.15) is 37.6 Å². The van der Waals surface area contributed by atoms with Crippen molar-refractivity contribution in [2.24, 2.45) is 5.92 Å². The van der Waals surface area contributed by atoms with E-state index in [1.54, 1.807) is 16.2 Å². The molecule has 6 heteroatoms. The van der Waals surface area contributed by atoms with E-state index in [1.165, 1.54) is 15.8 Å². The number of amides is 1. The topological polar surface area (TPSA) is 55.2 Å². The number of aromatic nitrogens is 2. The number of nitrogens with zero attached hydrogens (tertiary/aromatic N) is 3. The Morgan fingerprint density at radius 2 is 2.28 bits per heavy atom. The first-order chi connectivity index (χ1) is 11.9. The Kier molecular flexibility index (Phi) is 5.08. The van der Waals surface area contributed by atoms with E-state index in [4.69, 9.17) is 0 Å². The van der Waals surface area contributed by atoms with Gasteiger partial charge >= 0.3 is 0 Å². The second kappa shape index (κ2) is 7.12. The van der Waals surface area contributed by atoms with Gasteiger partial charge in [0.25, 0.3) is 5.56 Å². The quantitative estimate of drug-likeness (QED) is 0.771. The molecule has 0 unspecified atom stereocenters. The zero-order valence-corrected chi connectivity index (χ0v) is 16.0. The minimum Gasteiger partial charge on any atom is -0.337 e. The van der Waals surface area contributed by atoms with Crippen LogP contribution in [0, 0.1) is 5.92 Å². The standard InChI is InChI=1S/C19H25N3O2S/c1-5-21(9-12(2)3)16(23)10-22-11-20-18-17(19(22)24)14-7-6-13(4)8-15(14)25-18/h11,13H,2,5-10H2,1,3-4H3/t13-/m1/s1. The molecule has 1 aliphatic carbocycles. The molecule has 25 heavy (non-hydrogen) atoms. The Bertz CT molecular complexity index is 881. The van der Waals surface area contributed by atoms with Gasteiger partial charge in [-0.25, -0.2) is 4.98 Å². The lowest BCUT2D eigenvalue weighted by Crippen LogP contribution is -2.37. The normalized spacial score (nSPS) is 16.7. The third kappa shape index (κ3) is 3.54. The van der Waals surface area contributed by atoms with Crippen molar-refractivity contribution in [3.63, 3.8) is 0 Å². The Morgan fingerprint density at radius 3 is 2.96 bits per heavy atom. The van der Waals surface area contributed by atoms with Gasteiger partial charge in [0.05, 0.1) is 11.7 Å². The molecule has 1 atom stereocenters. The van der Waals surface area contributed by atoms with Crippen molar-refractivity contribution in [1.29, 1.82) is 0 Å². The van der Waals surface area contributed by atoms with Crippen molar-refractivity contribution in [3.8, 4) is 0 Å². The van der Waals surface area contributed by atoms with Gasteiger partial charge in [-0.15, -0.1) is 11.3 Å². The molecule has 2 heterocycles. The number of rotatable bonds is 5. The lowest BCUT2D eigenvalue weighted by atomic mass is 9.89. The highest BCUT2D eigenvalue weighted by molar-refractivity contribution is 7.18. The Labute approximate surface area is 152 Å². The first-order valence-corrected chi connectivity index (χ1v) is 9.64. The van der Waals surface area contributed by atoms with Crippen molar-refractivity contribution in [1.82, 2.24) is 14.5 Å². The highest BCUT2D eigenvalue weighted by Crippen LogP contribution is 2.35. The summed E-state index contributed by atoms with van der Waals surface area (Å²) in [4.78, 5) is 33.8. The molecule has 2 aromatic rings. The molecule has 0 spiro atoms. The fraction of sp³-hybridized carbons (Fsp3) is 0.526. The minimum atomic E-state index is -0.0863. The van der Waals surface area contributed by atoms with E-state index >= 15 is 0 Å². The Morgan fingerprint density at radius 1 is 1.52 bits per heavy atom. The number of thiophene rings is 1. The van der Waals surface area contributed by atoms with Gasteiger partial charge in [-0.05, 0) is 44.6 Å². The average Bonchev–Trinajstić information content (AvgIpc) is 2.92. The Hall–Kier alpha value is -1.95. The first-order valence-electron chi connectivity index (χ1n) is 8.82. The van der Waals surface area contributed by atoms with Crippen molar-refractivity contribution < 1.29 is 4.79 Å². The van der Waals surface area contributed by atoms with Crippen LogP contribution in [0.5, 0.6) is 0 Å². The molecule has 0 aliphatic heterocycles. The molecular formula is C19H25N3O2S. The van der Waals surface area contributed by atoms with E-state index in [2.05, 4.69) is 18.5 Å². The van der Waals surface area contributed by atoms with E-state index in [0.717, 1.165) is 40.6 Å². The van der Waals surface area contributed by atoms with E-state index < -0.39 is 0 Å². The molecule has 0 aromatic carbocycles. The summed E-state index contributed by atoms with van der Waals surface area (Å²) >= 11 is 1.63. The van der Waals surface area contributed by atoms with Gasteiger partial charge in [-0.3, -0.25) is 14.2 Å². The molecule has 134 valence electrons. The molecule has 3 rings (SSSR count). The molecular weight excluding hydrogens is 334 g/mol. The number of likely N-dealkylation sites (N-methyl/N-ethyl adjacent to an activating group) is 1. The van der Waals surface area contributed by atoms with Gasteiger partial charge in [0, 0.05) is 18.0 Å². The summed E-state index contributed by atoms with van der Waals surface area (Å²) in [5, 5.41) is 0.727. The van der Waals surface area contributed by atoms with Crippen LogP contribution in [-0.2, 0) is 24.2 Å². The number of hydrogen-bond donors (Lipinski definition) is 0. The zero-order chi connectivity index (χ0) is 18.1. The van der Waals surface area contributed by atoms with Crippen LogP contribution in [0.2, 0.25) is 0 Å². The van der Waals surface area contributed by atoms with Crippen LogP contribution >= 0.6 is 11.3 Å². The lowest BCUT2D eigenvalue weighted by molar-refractivity contribution is -0.131. The molecule has 0 N–H and O–H groups in total. The van der Waals surface area contributed by atoms with Gasteiger partial charge in [0.15, 0.2) is 0 Å². The van der Waals surface area contributed by atoms with Gasteiger partial charge in [-0.2, -0.15) is 0 Å². The molecule has 0 fully saturated rings. The number of aryl methyl sites for hydroxylation is 1. The SMILES string of the molecule is C=C(C)CN(CC)C(=O)Cn1cnc2sc3c(c2c1=O)CC[C@@H](C)C3. The van der Waals surface area contributed by atoms with Crippen LogP contribution in [0.4, 0.5) is 0 Å². The third-order valence-electron chi connectivity index (χ3n) is 4.78. The van der Waals surface area contributed by atoms with Crippen LogP contribution < -0.4 is 5.56 Å². The molecule has 1 aliphatic rings. The molecule has 5 nitrogen and oxygen atoms in total. The predicted molar refractivity (Wildman–Crippen MR) is 102 cm³/mol. The molecule has 0 saturated carbocycles. The summed E-state index contributed by atoms with van der Waals surface area (Å²) in [5.74, 6) is 0.580. The average molecular weight is 359 g/mol. The number of hydrogen-bond acceptors (Lipinski definition) is 4. The number of fused-ring (bicyclic) bond motifs is 3.